The Kier molecular flexibility index (Phi) is 6.71. The van der Waals surface area contributed by atoms with Gasteiger partial charge in [0, 0.05) is 37.1 Å². The minimum Gasteiger partial charge on any atom is -0.381 e. The molecule has 1 saturated heterocycles. The molecule has 2 aliphatic rings. The molecule has 1 fully saturated rings. The highest BCUT2D eigenvalue weighted by Gasteiger charge is 2.50. The molecule has 1 aromatic heterocycles. The quantitative estimate of drug-likeness (QED) is 0.467. The van der Waals surface area contributed by atoms with E-state index in [9.17, 15) is 31.2 Å². The van der Waals surface area contributed by atoms with Crippen molar-refractivity contribution >= 4 is 33.0 Å². The fourth-order valence-corrected chi connectivity index (χ4v) is 7.14. The second kappa shape index (κ2) is 9.76. The number of amides is 2. The summed E-state index contributed by atoms with van der Waals surface area (Å²) in [5.74, 6) is -1.14. The number of pyridine rings is 1. The van der Waals surface area contributed by atoms with Crippen LogP contribution in [0.4, 0.5) is 24.5 Å². The van der Waals surface area contributed by atoms with Crippen molar-refractivity contribution in [2.45, 2.75) is 42.0 Å². The minimum atomic E-state index is -4.69. The molecule has 3 heterocycles. The van der Waals surface area contributed by atoms with Crippen LogP contribution in [0.5, 0.6) is 0 Å². The minimum absolute atomic E-state index is 0.0121. The Hall–Kier alpha value is -3.77. The first-order chi connectivity index (χ1) is 18.4. The fourth-order valence-electron chi connectivity index (χ4n) is 4.96. The normalized spacial score (nSPS) is 18.1. The third-order valence-electron chi connectivity index (χ3n) is 7.12. The number of sulfone groups is 1. The van der Waals surface area contributed by atoms with Crippen molar-refractivity contribution in [3.8, 4) is 11.1 Å². The zero-order chi connectivity index (χ0) is 28.0. The van der Waals surface area contributed by atoms with Gasteiger partial charge < -0.3 is 15.4 Å². The Morgan fingerprint density at radius 1 is 1.08 bits per heavy atom. The summed E-state index contributed by atoms with van der Waals surface area (Å²) in [6.45, 7) is 2.29. The van der Waals surface area contributed by atoms with E-state index in [2.05, 4.69) is 15.6 Å². The van der Waals surface area contributed by atoms with Crippen LogP contribution in [-0.2, 0) is 25.5 Å². The number of anilines is 2. The van der Waals surface area contributed by atoms with Gasteiger partial charge in [0.15, 0.2) is 9.84 Å². The maximum Gasteiger partial charge on any atom is 0.433 e. The number of aryl methyl sites for hydroxylation is 1. The molecule has 2 amide bonds. The molecule has 2 N–H and O–H groups in total. The van der Waals surface area contributed by atoms with Crippen LogP contribution in [0, 0.1) is 6.92 Å². The number of rotatable bonds is 3. The Labute approximate surface area is 222 Å². The Morgan fingerprint density at radius 3 is 2.54 bits per heavy atom. The first kappa shape index (κ1) is 26.8. The van der Waals surface area contributed by atoms with E-state index in [0.29, 0.717) is 22.9 Å². The van der Waals surface area contributed by atoms with Gasteiger partial charge in [-0.2, -0.15) is 13.2 Å². The molecule has 0 unspecified atom stereocenters. The number of ether oxygens (including phenoxy) is 1. The van der Waals surface area contributed by atoms with Gasteiger partial charge in [0.2, 0.25) is 5.91 Å². The lowest BCUT2D eigenvalue weighted by molar-refractivity contribution is -0.141. The van der Waals surface area contributed by atoms with Gasteiger partial charge in [-0.05, 0) is 72.9 Å². The number of nitrogens with zero attached hydrogens (tertiary/aromatic N) is 1. The first-order valence-corrected chi connectivity index (χ1v) is 13.6. The van der Waals surface area contributed by atoms with E-state index in [1.54, 1.807) is 37.3 Å². The molecule has 0 aliphatic carbocycles. The molecule has 39 heavy (non-hydrogen) atoms. The third-order valence-corrected chi connectivity index (χ3v) is 9.73. The number of hydrogen-bond acceptors (Lipinski definition) is 6. The van der Waals surface area contributed by atoms with E-state index >= 15 is 0 Å². The summed E-state index contributed by atoms with van der Waals surface area (Å²) in [5.41, 5.74) is 1.02. The molecule has 0 bridgehead atoms. The fraction of sp³-hybridized carbons (Fsp3) is 0.296. The van der Waals surface area contributed by atoms with Gasteiger partial charge in [0.25, 0.3) is 5.91 Å². The molecule has 12 heteroatoms. The zero-order valence-electron chi connectivity index (χ0n) is 20.8. The number of fused-ring (bicyclic) bond motifs is 1. The van der Waals surface area contributed by atoms with Crippen molar-refractivity contribution in [1.82, 2.24) is 4.98 Å². The SMILES string of the molecule is Cc1ccc(NC(=O)c2ccnc(C(F)(F)F)c2)cc1-c1ccc2c(c1)S(=O)(=O)C1(CCOCC1)CC(=O)N2. The van der Waals surface area contributed by atoms with Gasteiger partial charge >= 0.3 is 6.18 Å². The van der Waals surface area contributed by atoms with Crippen LogP contribution in [0.25, 0.3) is 11.1 Å². The summed E-state index contributed by atoms with van der Waals surface area (Å²) in [6.07, 6.45) is -3.52. The number of carbonyl (C=O) groups excluding carboxylic acids is 2. The number of halogens is 3. The lowest BCUT2D eigenvalue weighted by atomic mass is 9.95. The van der Waals surface area contributed by atoms with Crippen LogP contribution in [0.2, 0.25) is 0 Å². The lowest BCUT2D eigenvalue weighted by Crippen LogP contribution is -2.45. The van der Waals surface area contributed by atoms with E-state index in [4.69, 9.17) is 4.74 Å². The van der Waals surface area contributed by atoms with Crippen molar-refractivity contribution in [3.05, 3.63) is 71.5 Å². The van der Waals surface area contributed by atoms with E-state index in [1.807, 2.05) is 0 Å². The van der Waals surface area contributed by atoms with Crippen LogP contribution in [0.3, 0.4) is 0 Å². The molecule has 2 aromatic carbocycles. The molecule has 3 aromatic rings. The topological polar surface area (TPSA) is 114 Å². The third kappa shape index (κ3) is 5.01. The number of alkyl halides is 3. The lowest BCUT2D eigenvalue weighted by Gasteiger charge is -2.34. The largest absolute Gasteiger partial charge is 0.433 e. The number of nitrogens with one attached hydrogen (secondary N) is 2. The molecule has 1 spiro atoms. The van der Waals surface area contributed by atoms with Crippen molar-refractivity contribution in [1.29, 1.82) is 0 Å². The number of carbonyl (C=O) groups is 2. The summed E-state index contributed by atoms with van der Waals surface area (Å²) in [6, 6.07) is 11.5. The van der Waals surface area contributed by atoms with Crippen LogP contribution in [0.15, 0.2) is 59.6 Å². The van der Waals surface area contributed by atoms with Gasteiger partial charge in [-0.1, -0.05) is 12.1 Å². The molecule has 8 nitrogen and oxygen atoms in total. The van der Waals surface area contributed by atoms with Gasteiger partial charge in [-0.25, -0.2) is 8.42 Å². The summed E-state index contributed by atoms with van der Waals surface area (Å²) in [5, 5.41) is 5.30. The maximum absolute atomic E-state index is 13.9. The van der Waals surface area contributed by atoms with Crippen LogP contribution >= 0.6 is 0 Å². The number of aromatic nitrogens is 1. The van der Waals surface area contributed by atoms with E-state index < -0.39 is 32.4 Å². The molecule has 2 aliphatic heterocycles. The smallest absolute Gasteiger partial charge is 0.381 e. The van der Waals surface area contributed by atoms with Gasteiger partial charge in [-0.15, -0.1) is 0 Å². The van der Waals surface area contributed by atoms with E-state index in [0.717, 1.165) is 11.8 Å². The highest BCUT2D eigenvalue weighted by Crippen LogP contribution is 2.44. The first-order valence-electron chi connectivity index (χ1n) is 12.1. The molecule has 204 valence electrons. The summed E-state index contributed by atoms with van der Waals surface area (Å²) in [7, 11) is -3.93. The van der Waals surface area contributed by atoms with Crippen LogP contribution in [-0.4, -0.2) is 43.2 Å². The zero-order valence-corrected chi connectivity index (χ0v) is 21.6. The molecular formula is C27H24F3N3O5S. The van der Waals surface area contributed by atoms with Gasteiger partial charge in [-0.3, -0.25) is 14.6 Å². The number of benzene rings is 2. The van der Waals surface area contributed by atoms with Crippen molar-refractivity contribution in [3.63, 3.8) is 0 Å². The van der Waals surface area contributed by atoms with Crippen molar-refractivity contribution < 1.29 is 35.9 Å². The summed E-state index contributed by atoms with van der Waals surface area (Å²) in [4.78, 5) is 28.6. The summed E-state index contributed by atoms with van der Waals surface area (Å²) < 4.78 is 70.9. The number of hydrogen-bond donors (Lipinski definition) is 2. The Morgan fingerprint density at radius 2 is 1.82 bits per heavy atom. The second-order valence-electron chi connectivity index (χ2n) is 9.65. The maximum atomic E-state index is 13.9. The Bertz CT molecular complexity index is 1580. The predicted molar refractivity (Wildman–Crippen MR) is 137 cm³/mol. The molecule has 0 saturated carbocycles. The molecular weight excluding hydrogens is 535 g/mol. The van der Waals surface area contributed by atoms with E-state index in [-0.39, 0.29) is 54.5 Å². The summed E-state index contributed by atoms with van der Waals surface area (Å²) >= 11 is 0. The van der Waals surface area contributed by atoms with Gasteiger partial charge in [0.05, 0.1) is 15.3 Å². The highest BCUT2D eigenvalue weighted by molar-refractivity contribution is 7.93. The van der Waals surface area contributed by atoms with Crippen molar-refractivity contribution in [2.24, 2.45) is 0 Å². The predicted octanol–water partition coefficient (Wildman–Crippen LogP) is 4.99. The standard InChI is InChI=1S/C27H24F3N3O5S/c1-16-2-4-19(32-25(35)18-6-9-31-23(13-18)27(28,29)30)14-20(16)17-3-5-21-22(12-17)39(36,37)26(15-24(34)33-21)7-10-38-11-8-26/h2-6,9,12-14H,7-8,10-11,15H2,1H3,(H,32,35)(H,33,34). The highest BCUT2D eigenvalue weighted by atomic mass is 32.2. The molecule has 0 radical (unpaired) electrons. The van der Waals surface area contributed by atoms with Crippen LogP contribution in [0.1, 0.15) is 40.9 Å². The average Bonchev–Trinajstić information content (AvgIpc) is 2.97. The Balaban J connectivity index is 1.50. The molecule has 5 rings (SSSR count). The monoisotopic (exact) mass is 559 g/mol. The van der Waals surface area contributed by atoms with Crippen molar-refractivity contribution in [2.75, 3.05) is 23.8 Å². The molecule has 0 atom stereocenters. The van der Waals surface area contributed by atoms with E-state index in [1.165, 1.54) is 12.1 Å². The van der Waals surface area contributed by atoms with Crippen LogP contribution < -0.4 is 10.6 Å². The van der Waals surface area contributed by atoms with Gasteiger partial charge in [0.1, 0.15) is 5.69 Å². The second-order valence-corrected chi connectivity index (χ2v) is 12.0. The average molecular weight is 560 g/mol.